The van der Waals surface area contributed by atoms with Crippen LogP contribution in [0.4, 0.5) is 0 Å². The second kappa shape index (κ2) is 4.85. The Morgan fingerprint density at radius 1 is 1.25 bits per heavy atom. The summed E-state index contributed by atoms with van der Waals surface area (Å²) in [5.41, 5.74) is 0. The Morgan fingerprint density at radius 2 is 1.75 bits per heavy atom. The first-order valence-electron chi connectivity index (χ1n) is 4.64. The van der Waals surface area contributed by atoms with Crippen LogP contribution in [0.5, 0.6) is 0 Å². The molecule has 1 aliphatic rings. The molecule has 12 heavy (non-hydrogen) atoms. The van der Waals surface area contributed by atoms with Crippen molar-refractivity contribution < 1.29 is 4.79 Å². The van der Waals surface area contributed by atoms with Crippen LogP contribution in [0.1, 0.15) is 32.6 Å². The highest BCUT2D eigenvalue weighted by molar-refractivity contribution is 9.10. The van der Waals surface area contributed by atoms with E-state index in [1.54, 1.807) is 0 Å². The molecule has 1 saturated heterocycles. The molecule has 0 saturated carbocycles. The zero-order valence-corrected chi connectivity index (χ0v) is 9.14. The molecule has 0 unspecified atom stereocenters. The lowest BCUT2D eigenvalue weighted by Crippen LogP contribution is -2.36. The maximum atomic E-state index is 11.5. The minimum Gasteiger partial charge on any atom is -0.342 e. The molecular weight excluding hydrogens is 218 g/mol. The van der Waals surface area contributed by atoms with Crippen LogP contribution < -0.4 is 0 Å². The van der Waals surface area contributed by atoms with Gasteiger partial charge in [-0.2, -0.15) is 0 Å². The minimum absolute atomic E-state index is 0.0180. The highest BCUT2D eigenvalue weighted by Gasteiger charge is 2.18. The van der Waals surface area contributed by atoms with Gasteiger partial charge in [0.15, 0.2) is 0 Å². The first-order chi connectivity index (χ1) is 5.72. The largest absolute Gasteiger partial charge is 0.342 e. The van der Waals surface area contributed by atoms with E-state index in [0.29, 0.717) is 0 Å². The summed E-state index contributed by atoms with van der Waals surface area (Å²) in [6, 6.07) is 0. The van der Waals surface area contributed by atoms with Gasteiger partial charge in [0.2, 0.25) is 5.91 Å². The van der Waals surface area contributed by atoms with E-state index in [9.17, 15) is 4.79 Å². The second-order valence-corrected chi connectivity index (χ2v) is 4.73. The van der Waals surface area contributed by atoms with Gasteiger partial charge in [0.1, 0.15) is 0 Å². The van der Waals surface area contributed by atoms with Crippen LogP contribution in [-0.4, -0.2) is 28.7 Å². The zero-order valence-electron chi connectivity index (χ0n) is 7.55. The summed E-state index contributed by atoms with van der Waals surface area (Å²) in [7, 11) is 0. The molecule has 0 N–H and O–H groups in total. The van der Waals surface area contributed by atoms with E-state index in [-0.39, 0.29) is 10.7 Å². The van der Waals surface area contributed by atoms with Gasteiger partial charge in [-0.15, -0.1) is 0 Å². The average Bonchev–Trinajstić information content (AvgIpc) is 2.30. The number of hydrogen-bond donors (Lipinski definition) is 0. The van der Waals surface area contributed by atoms with E-state index in [2.05, 4.69) is 15.9 Å². The first kappa shape index (κ1) is 10.0. The van der Waals surface area contributed by atoms with E-state index in [1.807, 2.05) is 11.8 Å². The van der Waals surface area contributed by atoms with Crippen molar-refractivity contribution in [1.29, 1.82) is 0 Å². The Labute approximate surface area is 82.4 Å². The topological polar surface area (TPSA) is 20.3 Å². The predicted molar refractivity (Wildman–Crippen MR) is 53.4 cm³/mol. The number of halogens is 1. The lowest BCUT2D eigenvalue weighted by Gasteiger charge is -2.21. The molecule has 0 aromatic carbocycles. The van der Waals surface area contributed by atoms with Crippen molar-refractivity contribution in [3.8, 4) is 0 Å². The van der Waals surface area contributed by atoms with Gasteiger partial charge in [0, 0.05) is 13.1 Å². The number of amides is 1. The summed E-state index contributed by atoms with van der Waals surface area (Å²) >= 11 is 3.31. The van der Waals surface area contributed by atoms with Crippen molar-refractivity contribution in [3.05, 3.63) is 0 Å². The van der Waals surface area contributed by atoms with E-state index < -0.39 is 0 Å². The fourth-order valence-electron chi connectivity index (χ4n) is 1.54. The van der Waals surface area contributed by atoms with E-state index in [1.165, 1.54) is 25.7 Å². The van der Waals surface area contributed by atoms with Gasteiger partial charge in [0.25, 0.3) is 0 Å². The average molecular weight is 234 g/mol. The SMILES string of the molecule is C[C@H](Br)C(=O)N1CCCCCC1. The van der Waals surface area contributed by atoms with Gasteiger partial charge < -0.3 is 4.90 Å². The van der Waals surface area contributed by atoms with Crippen LogP contribution in [0.25, 0.3) is 0 Å². The normalized spacial score (nSPS) is 21.7. The molecule has 0 spiro atoms. The van der Waals surface area contributed by atoms with E-state index >= 15 is 0 Å². The maximum Gasteiger partial charge on any atom is 0.236 e. The molecule has 0 bridgehead atoms. The summed E-state index contributed by atoms with van der Waals surface area (Å²) in [6.07, 6.45) is 4.90. The Bertz CT molecular complexity index is 151. The molecule has 0 radical (unpaired) electrons. The molecular formula is C9H16BrNO. The fraction of sp³-hybridized carbons (Fsp3) is 0.889. The van der Waals surface area contributed by atoms with Crippen LogP contribution in [0, 0.1) is 0 Å². The fourth-order valence-corrected chi connectivity index (χ4v) is 1.83. The molecule has 3 heteroatoms. The molecule has 70 valence electrons. The van der Waals surface area contributed by atoms with E-state index in [4.69, 9.17) is 0 Å². The Hall–Kier alpha value is -0.0500. The molecule has 0 aromatic heterocycles. The summed E-state index contributed by atoms with van der Waals surface area (Å²) in [5.74, 6) is 0.247. The van der Waals surface area contributed by atoms with Crippen molar-refractivity contribution in [1.82, 2.24) is 4.90 Å². The van der Waals surface area contributed by atoms with Crippen LogP contribution in [-0.2, 0) is 4.79 Å². The van der Waals surface area contributed by atoms with Crippen molar-refractivity contribution in [2.24, 2.45) is 0 Å². The Morgan fingerprint density at radius 3 is 2.17 bits per heavy atom. The Kier molecular flexibility index (Phi) is 4.06. The van der Waals surface area contributed by atoms with Crippen LogP contribution in [0.15, 0.2) is 0 Å². The molecule has 1 atom stereocenters. The molecule has 1 aliphatic heterocycles. The summed E-state index contributed by atoms with van der Waals surface area (Å²) < 4.78 is 0. The second-order valence-electron chi connectivity index (χ2n) is 3.36. The van der Waals surface area contributed by atoms with Gasteiger partial charge in [-0.1, -0.05) is 28.8 Å². The highest BCUT2D eigenvalue weighted by atomic mass is 79.9. The molecule has 0 aromatic rings. The number of rotatable bonds is 1. The standard InChI is InChI=1S/C9H16BrNO/c1-8(10)9(12)11-6-4-2-3-5-7-11/h8H,2-7H2,1H3/t8-/m0/s1. The number of likely N-dealkylation sites (tertiary alicyclic amines) is 1. The molecule has 1 rings (SSSR count). The number of hydrogen-bond acceptors (Lipinski definition) is 1. The van der Waals surface area contributed by atoms with Gasteiger partial charge in [-0.25, -0.2) is 0 Å². The summed E-state index contributed by atoms with van der Waals surface area (Å²) in [5, 5.41) is 0. The smallest absolute Gasteiger partial charge is 0.236 e. The van der Waals surface area contributed by atoms with Crippen molar-refractivity contribution in [3.63, 3.8) is 0 Å². The quantitative estimate of drug-likeness (QED) is 0.637. The third-order valence-corrected chi connectivity index (χ3v) is 2.65. The molecule has 0 aliphatic carbocycles. The number of alkyl halides is 1. The minimum atomic E-state index is -0.0180. The molecule has 1 amide bonds. The number of carbonyl (C=O) groups is 1. The molecule has 1 heterocycles. The highest BCUT2D eigenvalue weighted by Crippen LogP contribution is 2.12. The van der Waals surface area contributed by atoms with Crippen molar-refractivity contribution >= 4 is 21.8 Å². The van der Waals surface area contributed by atoms with Gasteiger partial charge >= 0.3 is 0 Å². The van der Waals surface area contributed by atoms with Crippen molar-refractivity contribution in [2.45, 2.75) is 37.4 Å². The summed E-state index contributed by atoms with van der Waals surface area (Å²) in [4.78, 5) is 13.5. The van der Waals surface area contributed by atoms with Gasteiger partial charge in [0.05, 0.1) is 4.83 Å². The Balaban J connectivity index is 2.43. The van der Waals surface area contributed by atoms with Crippen LogP contribution in [0.3, 0.4) is 0 Å². The monoisotopic (exact) mass is 233 g/mol. The lowest BCUT2D eigenvalue weighted by molar-refractivity contribution is -0.130. The van der Waals surface area contributed by atoms with Gasteiger partial charge in [-0.3, -0.25) is 4.79 Å². The van der Waals surface area contributed by atoms with Crippen LogP contribution >= 0.6 is 15.9 Å². The third-order valence-electron chi connectivity index (χ3n) is 2.26. The maximum absolute atomic E-state index is 11.5. The van der Waals surface area contributed by atoms with Crippen LogP contribution in [0.2, 0.25) is 0 Å². The summed E-state index contributed by atoms with van der Waals surface area (Å²) in [6.45, 7) is 3.80. The van der Waals surface area contributed by atoms with E-state index in [0.717, 1.165) is 13.1 Å². The molecule has 1 fully saturated rings. The first-order valence-corrected chi connectivity index (χ1v) is 5.56. The number of carbonyl (C=O) groups excluding carboxylic acids is 1. The zero-order chi connectivity index (χ0) is 8.97. The third kappa shape index (κ3) is 2.77. The van der Waals surface area contributed by atoms with Crippen molar-refractivity contribution in [2.75, 3.05) is 13.1 Å². The molecule has 2 nitrogen and oxygen atoms in total. The van der Waals surface area contributed by atoms with Gasteiger partial charge in [-0.05, 0) is 19.8 Å². The predicted octanol–water partition coefficient (Wildman–Crippen LogP) is 2.17. The number of nitrogens with zero attached hydrogens (tertiary/aromatic N) is 1. The lowest BCUT2D eigenvalue weighted by atomic mass is 10.2.